The zero-order chi connectivity index (χ0) is 13.0. The molecule has 1 N–H and O–H groups in total. The van der Waals surface area contributed by atoms with E-state index in [0.717, 1.165) is 19.1 Å². The molecule has 3 heteroatoms. The zero-order valence-corrected chi connectivity index (χ0v) is 12.5. The first-order valence-corrected chi connectivity index (χ1v) is 7.11. The Morgan fingerprint density at radius 3 is 2.24 bits per heavy atom. The van der Waals surface area contributed by atoms with Gasteiger partial charge in [0.15, 0.2) is 0 Å². The summed E-state index contributed by atoms with van der Waals surface area (Å²) < 4.78 is 0. The van der Waals surface area contributed by atoms with Crippen LogP contribution in [0.3, 0.4) is 0 Å². The van der Waals surface area contributed by atoms with Crippen LogP contribution in [0.4, 0.5) is 0 Å². The molecule has 0 aromatic carbocycles. The third-order valence-corrected chi connectivity index (χ3v) is 4.02. The van der Waals surface area contributed by atoms with Crippen LogP contribution in [0, 0.1) is 0 Å². The van der Waals surface area contributed by atoms with Crippen molar-refractivity contribution in [3.8, 4) is 0 Å². The Morgan fingerprint density at radius 1 is 1.24 bits per heavy atom. The number of nitrogens with zero attached hydrogens (tertiary/aromatic N) is 2. The minimum absolute atomic E-state index is 0.641. The second-order valence-electron chi connectivity index (χ2n) is 6.10. The lowest BCUT2D eigenvalue weighted by atomic mass is 10.2. The van der Waals surface area contributed by atoms with Gasteiger partial charge in [0.05, 0.1) is 0 Å². The highest BCUT2D eigenvalue weighted by Crippen LogP contribution is 2.14. The van der Waals surface area contributed by atoms with Crippen LogP contribution in [0.1, 0.15) is 41.0 Å². The average molecular weight is 241 g/mol. The molecule has 1 aliphatic heterocycles. The van der Waals surface area contributed by atoms with Crippen LogP contribution in [-0.4, -0.2) is 60.6 Å². The van der Waals surface area contributed by atoms with Gasteiger partial charge in [0, 0.05) is 43.8 Å². The Kier molecular flexibility index (Phi) is 5.90. The lowest BCUT2D eigenvalue weighted by molar-refractivity contribution is 0.174. The highest BCUT2D eigenvalue weighted by Gasteiger charge is 2.25. The van der Waals surface area contributed by atoms with E-state index in [4.69, 9.17) is 0 Å². The quantitative estimate of drug-likeness (QED) is 0.765. The molecule has 0 bridgehead atoms. The van der Waals surface area contributed by atoms with E-state index in [1.807, 2.05) is 0 Å². The minimum atomic E-state index is 0.641. The molecular formula is C14H31N3. The Morgan fingerprint density at radius 2 is 1.82 bits per heavy atom. The maximum atomic E-state index is 3.70. The molecule has 0 aromatic rings. The SMILES string of the molecule is CC1CC(NCCN(C(C)C)C(C)C)CN1C. The van der Waals surface area contributed by atoms with E-state index in [1.54, 1.807) is 0 Å². The summed E-state index contributed by atoms with van der Waals surface area (Å²) >= 11 is 0. The van der Waals surface area contributed by atoms with E-state index >= 15 is 0 Å². The zero-order valence-electron chi connectivity index (χ0n) is 12.5. The molecule has 1 fully saturated rings. The molecule has 1 aliphatic rings. The van der Waals surface area contributed by atoms with E-state index < -0.39 is 0 Å². The normalized spacial score (nSPS) is 26.6. The lowest BCUT2D eigenvalue weighted by Crippen LogP contribution is -2.43. The van der Waals surface area contributed by atoms with E-state index in [0.29, 0.717) is 18.1 Å². The van der Waals surface area contributed by atoms with Gasteiger partial charge in [-0.15, -0.1) is 0 Å². The average Bonchev–Trinajstić information content (AvgIpc) is 2.52. The molecular weight excluding hydrogens is 210 g/mol. The van der Waals surface area contributed by atoms with E-state index in [-0.39, 0.29) is 0 Å². The molecule has 1 heterocycles. The fourth-order valence-electron chi connectivity index (χ4n) is 2.85. The standard InChI is InChI=1S/C14H31N3/c1-11(2)17(12(3)4)8-7-15-14-9-13(5)16(6)10-14/h11-15H,7-10H2,1-6H3. The van der Waals surface area contributed by atoms with Crippen molar-refractivity contribution >= 4 is 0 Å². The first-order valence-electron chi connectivity index (χ1n) is 7.11. The number of hydrogen-bond donors (Lipinski definition) is 1. The van der Waals surface area contributed by atoms with Crippen molar-refractivity contribution in [2.45, 2.75) is 65.2 Å². The molecule has 0 aromatic heterocycles. The molecule has 0 amide bonds. The van der Waals surface area contributed by atoms with Crippen LogP contribution in [0.5, 0.6) is 0 Å². The number of rotatable bonds is 6. The predicted molar refractivity (Wildman–Crippen MR) is 75.5 cm³/mol. The van der Waals surface area contributed by atoms with Crippen molar-refractivity contribution < 1.29 is 0 Å². The summed E-state index contributed by atoms with van der Waals surface area (Å²) in [6, 6.07) is 2.71. The van der Waals surface area contributed by atoms with Crippen LogP contribution < -0.4 is 5.32 Å². The van der Waals surface area contributed by atoms with Crippen molar-refractivity contribution in [2.24, 2.45) is 0 Å². The van der Waals surface area contributed by atoms with E-state index in [9.17, 15) is 0 Å². The molecule has 3 nitrogen and oxygen atoms in total. The van der Waals surface area contributed by atoms with Crippen molar-refractivity contribution in [3.05, 3.63) is 0 Å². The van der Waals surface area contributed by atoms with E-state index in [1.165, 1.54) is 13.0 Å². The summed E-state index contributed by atoms with van der Waals surface area (Å²) in [4.78, 5) is 5.00. The van der Waals surface area contributed by atoms with Crippen molar-refractivity contribution in [2.75, 3.05) is 26.7 Å². The van der Waals surface area contributed by atoms with Gasteiger partial charge in [-0.1, -0.05) is 0 Å². The number of nitrogens with one attached hydrogen (secondary N) is 1. The van der Waals surface area contributed by atoms with Gasteiger partial charge in [0.25, 0.3) is 0 Å². The van der Waals surface area contributed by atoms with Crippen LogP contribution >= 0.6 is 0 Å². The second-order valence-corrected chi connectivity index (χ2v) is 6.10. The summed E-state index contributed by atoms with van der Waals surface area (Å²) in [5, 5.41) is 3.70. The molecule has 0 saturated carbocycles. The number of likely N-dealkylation sites (tertiary alicyclic amines) is 1. The minimum Gasteiger partial charge on any atom is -0.311 e. The molecule has 2 unspecified atom stereocenters. The van der Waals surface area contributed by atoms with E-state index in [2.05, 4.69) is 56.8 Å². The van der Waals surface area contributed by atoms with Crippen LogP contribution in [0.2, 0.25) is 0 Å². The Bertz CT molecular complexity index is 198. The summed E-state index contributed by atoms with van der Waals surface area (Å²) in [7, 11) is 2.22. The van der Waals surface area contributed by atoms with Gasteiger partial charge in [-0.2, -0.15) is 0 Å². The van der Waals surface area contributed by atoms with Crippen molar-refractivity contribution in [1.29, 1.82) is 0 Å². The van der Waals surface area contributed by atoms with Gasteiger partial charge in [-0.05, 0) is 48.1 Å². The lowest BCUT2D eigenvalue weighted by Gasteiger charge is -2.31. The van der Waals surface area contributed by atoms with Gasteiger partial charge in [0.1, 0.15) is 0 Å². The molecule has 2 atom stereocenters. The Hall–Kier alpha value is -0.120. The third-order valence-electron chi connectivity index (χ3n) is 4.02. The predicted octanol–water partition coefficient (Wildman–Crippen LogP) is 1.79. The molecule has 0 radical (unpaired) electrons. The fraction of sp³-hybridized carbons (Fsp3) is 1.00. The summed E-state index contributed by atoms with van der Waals surface area (Å²) in [6.45, 7) is 14.9. The van der Waals surface area contributed by atoms with Gasteiger partial charge in [0.2, 0.25) is 0 Å². The summed E-state index contributed by atoms with van der Waals surface area (Å²) in [5.74, 6) is 0. The number of likely N-dealkylation sites (N-methyl/N-ethyl adjacent to an activating group) is 1. The van der Waals surface area contributed by atoms with Gasteiger partial charge in [-0.25, -0.2) is 0 Å². The first kappa shape index (κ1) is 14.9. The Balaban J connectivity index is 2.23. The molecule has 0 spiro atoms. The van der Waals surface area contributed by atoms with Gasteiger partial charge < -0.3 is 10.2 Å². The van der Waals surface area contributed by atoms with Gasteiger partial charge >= 0.3 is 0 Å². The highest BCUT2D eigenvalue weighted by molar-refractivity contribution is 4.85. The van der Waals surface area contributed by atoms with Crippen molar-refractivity contribution in [3.63, 3.8) is 0 Å². The first-order chi connectivity index (χ1) is 7.91. The van der Waals surface area contributed by atoms with Crippen LogP contribution in [0.15, 0.2) is 0 Å². The van der Waals surface area contributed by atoms with Crippen molar-refractivity contribution in [1.82, 2.24) is 15.1 Å². The third kappa shape index (κ3) is 4.57. The maximum Gasteiger partial charge on any atom is 0.0210 e. The largest absolute Gasteiger partial charge is 0.311 e. The topological polar surface area (TPSA) is 18.5 Å². The molecule has 1 rings (SSSR count). The van der Waals surface area contributed by atoms with Crippen LogP contribution in [0.25, 0.3) is 0 Å². The highest BCUT2D eigenvalue weighted by atomic mass is 15.2. The fourth-order valence-corrected chi connectivity index (χ4v) is 2.85. The monoisotopic (exact) mass is 241 g/mol. The summed E-state index contributed by atoms with van der Waals surface area (Å²) in [5.41, 5.74) is 0. The number of hydrogen-bond acceptors (Lipinski definition) is 3. The Labute approximate surface area is 108 Å². The van der Waals surface area contributed by atoms with Gasteiger partial charge in [-0.3, -0.25) is 4.90 Å². The molecule has 1 saturated heterocycles. The molecule has 0 aliphatic carbocycles. The molecule has 17 heavy (non-hydrogen) atoms. The smallest absolute Gasteiger partial charge is 0.0210 e. The second kappa shape index (κ2) is 6.72. The maximum absolute atomic E-state index is 3.70. The molecule has 102 valence electrons. The van der Waals surface area contributed by atoms with Crippen LogP contribution in [-0.2, 0) is 0 Å². The summed E-state index contributed by atoms with van der Waals surface area (Å²) in [6.07, 6.45) is 1.29.